The first-order valence-corrected chi connectivity index (χ1v) is 15.7. The molecule has 0 radical (unpaired) electrons. The number of pyridine rings is 1. The third-order valence-electron chi connectivity index (χ3n) is 8.40. The molecule has 1 atom stereocenters. The molecule has 2 heterocycles. The second-order valence-corrected chi connectivity index (χ2v) is 12.2. The fourth-order valence-corrected chi connectivity index (χ4v) is 5.75. The number of H-pyrrole nitrogens is 1. The van der Waals surface area contributed by atoms with Crippen LogP contribution in [0.2, 0.25) is 0 Å². The van der Waals surface area contributed by atoms with Gasteiger partial charge in [-0.25, -0.2) is 4.79 Å². The van der Waals surface area contributed by atoms with Gasteiger partial charge >= 0.3 is 12.1 Å². The molecule has 0 aliphatic heterocycles. The van der Waals surface area contributed by atoms with E-state index in [1.807, 2.05) is 46.0 Å². The minimum Gasteiger partial charge on any atom is -0.483 e. The average Bonchev–Trinajstić information content (AvgIpc) is 3.46. The quantitative estimate of drug-likeness (QED) is 0.130. The number of allylic oxidation sites excluding steroid dienone is 2. The molecule has 5 rings (SSSR count). The van der Waals surface area contributed by atoms with Gasteiger partial charge in [0.1, 0.15) is 28.7 Å². The number of esters is 1. The number of aryl methyl sites for hydroxylation is 2. The first kappa shape index (κ1) is 34.3. The van der Waals surface area contributed by atoms with Crippen molar-refractivity contribution in [3.05, 3.63) is 116 Å². The molecule has 2 aromatic heterocycles. The molecule has 2 aromatic carbocycles. The lowest BCUT2D eigenvalue weighted by atomic mass is 9.91. The molecule has 1 unspecified atom stereocenters. The van der Waals surface area contributed by atoms with Crippen LogP contribution in [-0.2, 0) is 17.5 Å². The molecule has 0 saturated heterocycles. The number of carbonyl (C=O) groups is 1. The molecule has 250 valence electrons. The zero-order chi connectivity index (χ0) is 34.6. The normalized spacial score (nSPS) is 16.1. The highest BCUT2D eigenvalue weighted by molar-refractivity contribution is 5.95. The lowest BCUT2D eigenvalue weighted by molar-refractivity contribution is -0.138. The summed E-state index contributed by atoms with van der Waals surface area (Å²) >= 11 is 0. The second kappa shape index (κ2) is 14.0. The zero-order valence-electron chi connectivity index (χ0n) is 27.3. The second-order valence-electron chi connectivity index (χ2n) is 12.2. The van der Waals surface area contributed by atoms with Crippen molar-refractivity contribution in [2.45, 2.75) is 58.4 Å². The summed E-state index contributed by atoms with van der Waals surface area (Å²) in [7, 11) is 1.87. The Hall–Kier alpha value is -5.08. The summed E-state index contributed by atoms with van der Waals surface area (Å²) in [6.07, 6.45) is 2.17. The Morgan fingerprint density at radius 1 is 1.12 bits per heavy atom. The van der Waals surface area contributed by atoms with Crippen LogP contribution in [0.4, 0.5) is 13.2 Å². The topological polar surface area (TPSA) is 109 Å². The molecule has 2 N–H and O–H groups in total. The van der Waals surface area contributed by atoms with Crippen LogP contribution in [0.25, 0.3) is 16.5 Å². The minimum atomic E-state index is -4.89. The van der Waals surface area contributed by atoms with E-state index >= 15 is 0 Å². The molecule has 0 saturated carbocycles. The number of nitrogens with zero attached hydrogens (tertiary/aromatic N) is 2. The predicted octanol–water partition coefficient (Wildman–Crippen LogP) is 7.22. The molecule has 0 fully saturated rings. The fraction of sp³-hybridized carbons (Fsp3) is 0.324. The van der Waals surface area contributed by atoms with Crippen molar-refractivity contribution in [1.82, 2.24) is 14.9 Å². The number of carbonyl (C=O) groups excluding carboxylic acids is 1. The van der Waals surface area contributed by atoms with Gasteiger partial charge in [0.15, 0.2) is 0 Å². The van der Waals surface area contributed by atoms with Crippen LogP contribution < -0.4 is 15.6 Å². The van der Waals surface area contributed by atoms with Gasteiger partial charge in [-0.15, -0.1) is 0 Å². The van der Waals surface area contributed by atoms with E-state index in [9.17, 15) is 28.0 Å². The van der Waals surface area contributed by atoms with E-state index in [0.717, 1.165) is 53.0 Å². The maximum Gasteiger partial charge on any atom is 0.417 e. The van der Waals surface area contributed by atoms with Crippen molar-refractivity contribution < 1.29 is 27.4 Å². The number of aromatic nitrogens is 2. The average molecular weight is 659 g/mol. The number of hydrogen-bond acceptors (Lipinski definition) is 6. The van der Waals surface area contributed by atoms with Crippen molar-refractivity contribution in [3.63, 3.8) is 0 Å². The summed E-state index contributed by atoms with van der Waals surface area (Å²) in [4.78, 5) is 29.0. The molecule has 8 nitrogen and oxygen atoms in total. The number of nitrogens with one attached hydrogen (secondary N) is 2. The standard InChI is InChI=1S/C37H37F3N4O4/c1-23-7-8-26(24(2)17-23)22-44-33(20-30(37(38,39)40)29(21-41)34(44)45)25-11-13-36(3,14-12-25)48-28-9-10-31-27(18-28)19-32(43-31)35(46)47-16-6-5-15-42-4/h7-13,17-20,42-43H,5-6,14-16,22H2,1-4H3. The molecule has 48 heavy (non-hydrogen) atoms. The van der Waals surface area contributed by atoms with Crippen LogP contribution in [0.3, 0.4) is 0 Å². The smallest absolute Gasteiger partial charge is 0.417 e. The van der Waals surface area contributed by atoms with Crippen LogP contribution in [0.15, 0.2) is 71.6 Å². The van der Waals surface area contributed by atoms with E-state index in [1.165, 1.54) is 10.6 Å². The van der Waals surface area contributed by atoms with Crippen LogP contribution in [-0.4, -0.2) is 41.3 Å². The summed E-state index contributed by atoms with van der Waals surface area (Å²) in [5.41, 5.74) is 0.103. The highest BCUT2D eigenvalue weighted by Crippen LogP contribution is 2.36. The van der Waals surface area contributed by atoms with Gasteiger partial charge in [0.05, 0.1) is 24.4 Å². The highest BCUT2D eigenvalue weighted by Gasteiger charge is 2.37. The van der Waals surface area contributed by atoms with E-state index in [2.05, 4.69) is 10.3 Å². The molecule has 1 aliphatic carbocycles. The van der Waals surface area contributed by atoms with Crippen molar-refractivity contribution in [1.29, 1.82) is 5.26 Å². The van der Waals surface area contributed by atoms with Gasteiger partial charge in [-0.1, -0.05) is 35.9 Å². The number of aromatic amines is 1. The van der Waals surface area contributed by atoms with Gasteiger partial charge in [-0.05, 0) is 100 Å². The molecule has 11 heteroatoms. The van der Waals surface area contributed by atoms with Crippen LogP contribution in [0.1, 0.15) is 70.2 Å². The molecule has 0 amide bonds. The number of alkyl halides is 3. The van der Waals surface area contributed by atoms with Gasteiger partial charge in [0.25, 0.3) is 5.56 Å². The van der Waals surface area contributed by atoms with Gasteiger partial charge < -0.3 is 24.3 Å². The Kier molecular flexibility index (Phi) is 9.96. The molecule has 0 bridgehead atoms. The van der Waals surface area contributed by atoms with E-state index in [4.69, 9.17) is 9.47 Å². The van der Waals surface area contributed by atoms with Gasteiger partial charge in [-0.3, -0.25) is 4.79 Å². The molecule has 4 aromatic rings. The zero-order valence-corrected chi connectivity index (χ0v) is 27.3. The van der Waals surface area contributed by atoms with Crippen molar-refractivity contribution in [2.24, 2.45) is 0 Å². The SMILES string of the molecule is CNCCCCOC(=O)c1cc2cc(OC3(C)C=CC(c4cc(C(F)(F)F)c(C#N)c(=O)n4Cc4ccc(C)cc4C)=CC3)ccc2[nH]1. The molecular formula is C37H37F3N4O4. The highest BCUT2D eigenvalue weighted by atomic mass is 19.4. The molecule has 0 spiro atoms. The van der Waals surface area contributed by atoms with Gasteiger partial charge in [0.2, 0.25) is 0 Å². The Morgan fingerprint density at radius 3 is 2.58 bits per heavy atom. The van der Waals surface area contributed by atoms with Gasteiger partial charge in [-0.2, -0.15) is 18.4 Å². The lowest BCUT2D eigenvalue weighted by Gasteiger charge is -2.30. The predicted molar refractivity (Wildman–Crippen MR) is 178 cm³/mol. The van der Waals surface area contributed by atoms with Gasteiger partial charge in [0, 0.05) is 17.3 Å². The van der Waals surface area contributed by atoms with Crippen molar-refractivity contribution >= 4 is 22.4 Å². The van der Waals surface area contributed by atoms with Crippen molar-refractivity contribution in [3.8, 4) is 11.8 Å². The number of ether oxygens (including phenoxy) is 2. The maximum absolute atomic E-state index is 14.1. The van der Waals surface area contributed by atoms with E-state index in [0.29, 0.717) is 23.6 Å². The summed E-state index contributed by atoms with van der Waals surface area (Å²) in [5, 5.41) is 13.4. The Bertz CT molecular complexity index is 2020. The summed E-state index contributed by atoms with van der Waals surface area (Å²) in [6, 6.07) is 15.1. The van der Waals surface area contributed by atoms with Crippen LogP contribution >= 0.6 is 0 Å². The Balaban J connectivity index is 1.39. The Morgan fingerprint density at radius 2 is 1.92 bits per heavy atom. The number of benzene rings is 2. The van der Waals surface area contributed by atoms with E-state index in [-0.39, 0.29) is 18.7 Å². The van der Waals surface area contributed by atoms with E-state index in [1.54, 1.807) is 42.5 Å². The maximum atomic E-state index is 14.1. The number of halogens is 3. The minimum absolute atomic E-state index is 0.00537. The van der Waals surface area contributed by atoms with Crippen molar-refractivity contribution in [2.75, 3.05) is 20.2 Å². The summed E-state index contributed by atoms with van der Waals surface area (Å²) in [6.45, 7) is 6.81. The largest absolute Gasteiger partial charge is 0.483 e. The first-order chi connectivity index (χ1) is 22.8. The van der Waals surface area contributed by atoms with E-state index < -0.39 is 34.4 Å². The molecular weight excluding hydrogens is 621 g/mol. The third-order valence-corrected chi connectivity index (χ3v) is 8.40. The molecule has 1 aliphatic rings. The monoisotopic (exact) mass is 658 g/mol. The summed E-state index contributed by atoms with van der Waals surface area (Å²) < 4.78 is 55.1. The lowest BCUT2D eigenvalue weighted by Crippen LogP contribution is -2.32. The first-order valence-electron chi connectivity index (χ1n) is 15.7. The number of unbranched alkanes of at least 4 members (excludes halogenated alkanes) is 1. The van der Waals surface area contributed by atoms with Crippen LogP contribution in [0.5, 0.6) is 5.75 Å². The number of hydrogen-bond donors (Lipinski definition) is 2. The van der Waals surface area contributed by atoms with Crippen LogP contribution in [0, 0.1) is 25.2 Å². The number of rotatable bonds is 11. The summed E-state index contributed by atoms with van der Waals surface area (Å²) in [5.74, 6) is 0.0902. The Labute approximate surface area is 276 Å². The number of nitriles is 1. The third kappa shape index (κ3) is 7.55. The fourth-order valence-electron chi connectivity index (χ4n) is 5.75. The number of fused-ring (bicyclic) bond motifs is 1.